The number of imidazole rings is 1. The molecule has 0 aliphatic carbocycles. The highest BCUT2D eigenvalue weighted by molar-refractivity contribution is 4.92. The third kappa shape index (κ3) is 2.03. The first-order valence-electron chi connectivity index (χ1n) is 3.82. The van der Waals surface area contributed by atoms with Gasteiger partial charge < -0.3 is 4.57 Å². The third-order valence-corrected chi connectivity index (χ3v) is 1.64. The molecule has 1 aromatic rings. The summed E-state index contributed by atoms with van der Waals surface area (Å²) in [5, 5.41) is 0. The van der Waals surface area contributed by atoms with Crippen molar-refractivity contribution < 1.29 is 0 Å². The Balaban J connectivity index is 2.54. The van der Waals surface area contributed by atoms with Crippen LogP contribution in [0.25, 0.3) is 0 Å². The third-order valence-electron chi connectivity index (χ3n) is 1.64. The van der Waals surface area contributed by atoms with Gasteiger partial charge in [0.2, 0.25) is 0 Å². The maximum absolute atomic E-state index is 5.15. The van der Waals surface area contributed by atoms with Gasteiger partial charge in [0, 0.05) is 31.9 Å². The molecule has 0 aliphatic heterocycles. The average Bonchev–Trinajstić information content (AvgIpc) is 2.47. The lowest BCUT2D eigenvalue weighted by molar-refractivity contribution is 0.649. The van der Waals surface area contributed by atoms with E-state index in [1.54, 1.807) is 0 Å². The van der Waals surface area contributed by atoms with Crippen molar-refractivity contribution >= 4 is 0 Å². The molecule has 0 fully saturated rings. The van der Waals surface area contributed by atoms with Crippen LogP contribution in [0.2, 0.25) is 0 Å². The van der Waals surface area contributed by atoms with Crippen molar-refractivity contribution in [1.82, 2.24) is 15.0 Å². The molecule has 0 bridgehead atoms. The molecule has 3 N–H and O–H groups in total. The minimum absolute atomic E-state index is 0.775. The Morgan fingerprint density at radius 3 is 3.18 bits per heavy atom. The number of rotatable bonds is 4. The summed E-state index contributed by atoms with van der Waals surface area (Å²) in [5.41, 5.74) is 2.60. The summed E-state index contributed by atoms with van der Waals surface area (Å²) < 4.78 is 2.11. The predicted molar refractivity (Wildman–Crippen MR) is 43.8 cm³/mol. The number of aryl methyl sites for hydroxylation is 1. The summed E-state index contributed by atoms with van der Waals surface area (Å²) in [6, 6.07) is 0. The van der Waals surface area contributed by atoms with Gasteiger partial charge in [-0.3, -0.25) is 11.3 Å². The molecular weight excluding hydrogens is 140 g/mol. The number of hydrazine groups is 1. The normalized spacial score (nSPS) is 10.4. The monoisotopic (exact) mass is 154 g/mol. The highest BCUT2D eigenvalue weighted by Crippen LogP contribution is 1.96. The Labute approximate surface area is 66.4 Å². The topological polar surface area (TPSA) is 55.9 Å². The van der Waals surface area contributed by atoms with E-state index in [0.717, 1.165) is 25.3 Å². The number of hydrogen-bond donors (Lipinski definition) is 2. The second-order valence-electron chi connectivity index (χ2n) is 2.33. The summed E-state index contributed by atoms with van der Waals surface area (Å²) >= 11 is 0. The van der Waals surface area contributed by atoms with Crippen LogP contribution >= 0.6 is 0 Å². The van der Waals surface area contributed by atoms with Crippen molar-refractivity contribution in [3.8, 4) is 0 Å². The molecule has 0 atom stereocenters. The van der Waals surface area contributed by atoms with Crippen molar-refractivity contribution in [1.29, 1.82) is 0 Å². The lowest BCUT2D eigenvalue weighted by Crippen LogP contribution is -2.25. The summed E-state index contributed by atoms with van der Waals surface area (Å²) in [5.74, 6) is 6.24. The highest BCUT2D eigenvalue weighted by atomic mass is 15.2. The molecule has 0 spiro atoms. The van der Waals surface area contributed by atoms with Crippen molar-refractivity contribution in [3.63, 3.8) is 0 Å². The average molecular weight is 154 g/mol. The minimum atomic E-state index is 0.775. The van der Waals surface area contributed by atoms with Crippen LogP contribution in [0, 0.1) is 0 Å². The van der Waals surface area contributed by atoms with E-state index in [4.69, 9.17) is 5.84 Å². The molecule has 0 aromatic carbocycles. The molecule has 0 aliphatic rings. The van der Waals surface area contributed by atoms with E-state index in [1.165, 1.54) is 0 Å². The van der Waals surface area contributed by atoms with Gasteiger partial charge >= 0.3 is 0 Å². The number of nitrogens with one attached hydrogen (secondary N) is 1. The van der Waals surface area contributed by atoms with Crippen LogP contribution in [0.1, 0.15) is 12.7 Å². The summed E-state index contributed by atoms with van der Waals surface area (Å²) in [7, 11) is 0. The van der Waals surface area contributed by atoms with Crippen LogP contribution in [0.4, 0.5) is 0 Å². The molecule has 4 nitrogen and oxygen atoms in total. The zero-order chi connectivity index (χ0) is 8.10. The van der Waals surface area contributed by atoms with Gasteiger partial charge in [-0.1, -0.05) is 0 Å². The molecule has 0 saturated heterocycles. The van der Waals surface area contributed by atoms with Crippen molar-refractivity contribution in [2.75, 3.05) is 6.54 Å². The molecule has 0 radical (unpaired) electrons. The van der Waals surface area contributed by atoms with E-state index in [9.17, 15) is 0 Å². The van der Waals surface area contributed by atoms with Gasteiger partial charge in [0.05, 0.1) is 0 Å². The van der Waals surface area contributed by atoms with Gasteiger partial charge in [0.1, 0.15) is 5.82 Å². The summed E-state index contributed by atoms with van der Waals surface area (Å²) in [6.45, 7) is 3.85. The Bertz CT molecular complexity index is 206. The molecule has 0 saturated carbocycles. The molecular formula is C7H14N4. The van der Waals surface area contributed by atoms with E-state index in [-0.39, 0.29) is 0 Å². The SMILES string of the molecule is CCn1ccnc1CCNN. The van der Waals surface area contributed by atoms with Gasteiger partial charge in [-0.25, -0.2) is 4.98 Å². The zero-order valence-electron chi connectivity index (χ0n) is 6.75. The van der Waals surface area contributed by atoms with Crippen molar-refractivity contribution in [2.24, 2.45) is 5.84 Å². The van der Waals surface area contributed by atoms with Gasteiger partial charge in [-0.05, 0) is 6.92 Å². The van der Waals surface area contributed by atoms with Gasteiger partial charge in [0.15, 0.2) is 0 Å². The van der Waals surface area contributed by atoms with Crippen molar-refractivity contribution in [2.45, 2.75) is 19.9 Å². The number of aromatic nitrogens is 2. The number of hydrogen-bond acceptors (Lipinski definition) is 3. The summed E-state index contributed by atoms with van der Waals surface area (Å²) in [6.07, 6.45) is 4.68. The van der Waals surface area contributed by atoms with Crippen LogP contribution in [-0.4, -0.2) is 16.1 Å². The van der Waals surface area contributed by atoms with Crippen LogP contribution < -0.4 is 11.3 Å². The van der Waals surface area contributed by atoms with Crippen molar-refractivity contribution in [3.05, 3.63) is 18.2 Å². The number of nitrogens with zero attached hydrogens (tertiary/aromatic N) is 2. The smallest absolute Gasteiger partial charge is 0.109 e. The Kier molecular flexibility index (Phi) is 3.07. The zero-order valence-corrected chi connectivity index (χ0v) is 6.75. The Morgan fingerprint density at radius 1 is 1.73 bits per heavy atom. The van der Waals surface area contributed by atoms with Crippen LogP contribution in [-0.2, 0) is 13.0 Å². The molecule has 0 amide bonds. The highest BCUT2D eigenvalue weighted by Gasteiger charge is 1.98. The lowest BCUT2D eigenvalue weighted by atomic mass is 10.4. The minimum Gasteiger partial charge on any atom is -0.335 e. The quantitative estimate of drug-likeness (QED) is 0.470. The number of nitrogens with two attached hydrogens (primary N) is 1. The summed E-state index contributed by atoms with van der Waals surface area (Å²) in [4.78, 5) is 4.19. The maximum Gasteiger partial charge on any atom is 0.109 e. The van der Waals surface area contributed by atoms with E-state index in [0.29, 0.717) is 0 Å². The first-order valence-corrected chi connectivity index (χ1v) is 3.82. The fraction of sp³-hybridized carbons (Fsp3) is 0.571. The van der Waals surface area contributed by atoms with Crippen LogP contribution in [0.5, 0.6) is 0 Å². The Morgan fingerprint density at radius 2 is 2.55 bits per heavy atom. The molecule has 62 valence electrons. The van der Waals surface area contributed by atoms with E-state index >= 15 is 0 Å². The maximum atomic E-state index is 5.15. The Hall–Kier alpha value is -0.870. The van der Waals surface area contributed by atoms with Gasteiger partial charge in [0.25, 0.3) is 0 Å². The second-order valence-corrected chi connectivity index (χ2v) is 2.33. The molecule has 4 heteroatoms. The van der Waals surface area contributed by atoms with E-state index in [1.807, 2.05) is 12.4 Å². The molecule has 1 heterocycles. The molecule has 0 unspecified atom stereocenters. The first-order chi connectivity index (χ1) is 5.38. The lowest BCUT2D eigenvalue weighted by Gasteiger charge is -2.02. The fourth-order valence-electron chi connectivity index (χ4n) is 1.04. The fourth-order valence-corrected chi connectivity index (χ4v) is 1.04. The van der Waals surface area contributed by atoms with Crippen LogP contribution in [0.3, 0.4) is 0 Å². The molecule has 1 rings (SSSR count). The van der Waals surface area contributed by atoms with Gasteiger partial charge in [-0.2, -0.15) is 0 Å². The predicted octanol–water partition coefficient (Wildman–Crippen LogP) is -0.0912. The molecule has 11 heavy (non-hydrogen) atoms. The van der Waals surface area contributed by atoms with Gasteiger partial charge in [-0.15, -0.1) is 0 Å². The largest absolute Gasteiger partial charge is 0.335 e. The van der Waals surface area contributed by atoms with Crippen LogP contribution in [0.15, 0.2) is 12.4 Å². The standard InChI is InChI=1S/C7H14N4/c1-2-11-6-5-9-7(11)3-4-10-8/h5-6,10H,2-4,8H2,1H3. The van der Waals surface area contributed by atoms with E-state index in [2.05, 4.69) is 21.9 Å². The first kappa shape index (κ1) is 8.23. The van der Waals surface area contributed by atoms with E-state index < -0.39 is 0 Å². The molecule has 1 aromatic heterocycles. The second kappa shape index (κ2) is 4.10.